The fourth-order valence-electron chi connectivity index (χ4n) is 11.3. The maximum absolute atomic E-state index is 12.9. The first-order valence-electron chi connectivity index (χ1n) is 36.2. The molecule has 0 spiro atoms. The first-order chi connectivity index (χ1) is 39.0. The SMILES string of the molecule is CCCCCCCCCC/C=C\CCCCCCCCCCCCCCCCCCCC(=O)OCC(COC(=O)CCCCCCCCCCCCCCCCC)OC(=O)CCCCCCCCCCCCCCCCCCC. The Morgan fingerprint density at radius 3 is 0.633 bits per heavy atom. The van der Waals surface area contributed by atoms with Gasteiger partial charge in [0.2, 0.25) is 0 Å². The van der Waals surface area contributed by atoms with Crippen LogP contribution in [-0.2, 0) is 28.6 Å². The Kier molecular flexibility index (Phi) is 67.0. The molecule has 1 atom stereocenters. The van der Waals surface area contributed by atoms with Crippen LogP contribution in [0.4, 0.5) is 0 Å². The Morgan fingerprint density at radius 2 is 0.418 bits per heavy atom. The lowest BCUT2D eigenvalue weighted by molar-refractivity contribution is -0.167. The van der Waals surface area contributed by atoms with Crippen LogP contribution in [0.1, 0.15) is 419 Å². The Hall–Kier alpha value is -1.85. The van der Waals surface area contributed by atoms with Crippen LogP contribution in [0.5, 0.6) is 0 Å². The number of hydrogen-bond acceptors (Lipinski definition) is 6. The molecule has 0 rings (SSSR count). The van der Waals surface area contributed by atoms with Gasteiger partial charge in [0.25, 0.3) is 0 Å². The number of hydrogen-bond donors (Lipinski definition) is 0. The van der Waals surface area contributed by atoms with E-state index in [1.165, 1.54) is 321 Å². The van der Waals surface area contributed by atoms with Gasteiger partial charge in [-0.3, -0.25) is 14.4 Å². The number of ether oxygens (including phenoxy) is 3. The normalized spacial score (nSPS) is 12.0. The molecule has 0 radical (unpaired) electrons. The quantitative estimate of drug-likeness (QED) is 0.0261. The third kappa shape index (κ3) is 66.8. The highest BCUT2D eigenvalue weighted by atomic mass is 16.6. The molecule has 0 aliphatic rings. The van der Waals surface area contributed by atoms with Crippen LogP contribution in [0.25, 0.3) is 0 Å². The van der Waals surface area contributed by atoms with Crippen LogP contribution in [0.15, 0.2) is 12.2 Å². The van der Waals surface area contributed by atoms with E-state index in [4.69, 9.17) is 14.2 Å². The van der Waals surface area contributed by atoms with Gasteiger partial charge in [0.15, 0.2) is 6.10 Å². The maximum Gasteiger partial charge on any atom is 0.306 e. The molecule has 0 saturated heterocycles. The molecule has 0 aromatic rings. The minimum atomic E-state index is -0.765. The molecule has 0 amide bonds. The Bertz CT molecular complexity index is 1230. The molecule has 0 aliphatic heterocycles. The zero-order valence-electron chi connectivity index (χ0n) is 53.9. The van der Waals surface area contributed by atoms with E-state index >= 15 is 0 Å². The number of rotatable bonds is 68. The van der Waals surface area contributed by atoms with Crippen LogP contribution in [0.2, 0.25) is 0 Å². The Labute approximate surface area is 494 Å². The summed E-state index contributed by atoms with van der Waals surface area (Å²) in [7, 11) is 0. The fourth-order valence-corrected chi connectivity index (χ4v) is 11.3. The predicted octanol–water partition coefficient (Wildman–Crippen LogP) is 24.8. The molecule has 79 heavy (non-hydrogen) atoms. The molecule has 0 aromatic carbocycles. The molecule has 6 heteroatoms. The first kappa shape index (κ1) is 77.2. The monoisotopic (exact) mass is 1110 g/mol. The van der Waals surface area contributed by atoms with E-state index in [2.05, 4.69) is 32.9 Å². The number of carbonyl (C=O) groups excluding carboxylic acids is 3. The second-order valence-corrected chi connectivity index (χ2v) is 24.9. The molecular weight excluding hydrogens is 973 g/mol. The molecule has 6 nitrogen and oxygen atoms in total. The first-order valence-corrected chi connectivity index (χ1v) is 36.2. The van der Waals surface area contributed by atoms with Crippen molar-refractivity contribution in [3.05, 3.63) is 12.2 Å². The van der Waals surface area contributed by atoms with Crippen molar-refractivity contribution in [1.82, 2.24) is 0 Å². The molecule has 468 valence electrons. The van der Waals surface area contributed by atoms with E-state index in [0.29, 0.717) is 19.3 Å². The van der Waals surface area contributed by atoms with Gasteiger partial charge >= 0.3 is 17.9 Å². The van der Waals surface area contributed by atoms with E-state index in [-0.39, 0.29) is 31.1 Å². The van der Waals surface area contributed by atoms with Crippen molar-refractivity contribution >= 4 is 17.9 Å². The van der Waals surface area contributed by atoms with Crippen LogP contribution in [-0.4, -0.2) is 37.2 Å². The summed E-state index contributed by atoms with van der Waals surface area (Å²) >= 11 is 0. The molecule has 0 aliphatic carbocycles. The van der Waals surface area contributed by atoms with Gasteiger partial charge in [-0.05, 0) is 44.9 Å². The van der Waals surface area contributed by atoms with Crippen molar-refractivity contribution in [1.29, 1.82) is 0 Å². The standard InChI is InChI=1S/C73H140O6/c1-4-7-10-13-16-19-22-25-28-30-31-32-33-34-35-36-37-38-39-40-41-43-45-48-51-54-57-60-63-66-72(75)78-69-70(68-77-71(74)65-62-59-56-53-50-47-44-27-24-21-18-15-12-9-6-3)79-73(76)67-64-61-58-55-52-49-46-42-29-26-23-20-17-14-11-8-5-2/h30-31,70H,4-29,32-69H2,1-3H3/b31-30-. The van der Waals surface area contributed by atoms with Crippen LogP contribution >= 0.6 is 0 Å². The number of unbranched alkanes of at least 4 members (excludes halogenated alkanes) is 55. The zero-order valence-corrected chi connectivity index (χ0v) is 53.9. The molecule has 0 N–H and O–H groups in total. The number of carbonyl (C=O) groups is 3. The lowest BCUT2D eigenvalue weighted by Gasteiger charge is -2.18. The van der Waals surface area contributed by atoms with E-state index in [1.807, 2.05) is 0 Å². The Balaban J connectivity index is 4.17. The topological polar surface area (TPSA) is 78.9 Å². The minimum absolute atomic E-state index is 0.0618. The van der Waals surface area contributed by atoms with E-state index in [9.17, 15) is 14.4 Å². The summed E-state index contributed by atoms with van der Waals surface area (Å²) in [5, 5.41) is 0. The van der Waals surface area contributed by atoms with Gasteiger partial charge in [-0.1, -0.05) is 367 Å². The van der Waals surface area contributed by atoms with Crippen LogP contribution in [0.3, 0.4) is 0 Å². The summed E-state index contributed by atoms with van der Waals surface area (Å²) < 4.78 is 17.0. The molecule has 0 fully saturated rings. The van der Waals surface area contributed by atoms with Crippen molar-refractivity contribution in [3.63, 3.8) is 0 Å². The van der Waals surface area contributed by atoms with E-state index in [1.54, 1.807) is 0 Å². The van der Waals surface area contributed by atoms with Gasteiger partial charge in [-0.2, -0.15) is 0 Å². The highest BCUT2D eigenvalue weighted by molar-refractivity contribution is 5.71. The number of allylic oxidation sites excluding steroid dienone is 2. The minimum Gasteiger partial charge on any atom is -0.462 e. The fraction of sp³-hybridized carbons (Fsp3) is 0.932. The van der Waals surface area contributed by atoms with Gasteiger partial charge in [-0.25, -0.2) is 0 Å². The van der Waals surface area contributed by atoms with Crippen molar-refractivity contribution in [3.8, 4) is 0 Å². The summed E-state index contributed by atoms with van der Waals surface area (Å²) in [6.07, 6.45) is 82.5. The van der Waals surface area contributed by atoms with Crippen molar-refractivity contribution in [2.75, 3.05) is 13.2 Å². The van der Waals surface area contributed by atoms with Gasteiger partial charge in [-0.15, -0.1) is 0 Å². The number of esters is 3. The lowest BCUT2D eigenvalue weighted by atomic mass is 10.0. The summed E-state index contributed by atoms with van der Waals surface area (Å²) in [6, 6.07) is 0. The van der Waals surface area contributed by atoms with Crippen LogP contribution in [0, 0.1) is 0 Å². The summed E-state index contributed by atoms with van der Waals surface area (Å²) in [6.45, 7) is 6.73. The van der Waals surface area contributed by atoms with E-state index in [0.717, 1.165) is 57.8 Å². The van der Waals surface area contributed by atoms with E-state index < -0.39 is 6.10 Å². The molecule has 0 heterocycles. The van der Waals surface area contributed by atoms with Crippen LogP contribution < -0.4 is 0 Å². The summed E-state index contributed by atoms with van der Waals surface area (Å²) in [5.41, 5.74) is 0. The van der Waals surface area contributed by atoms with Gasteiger partial charge in [0.1, 0.15) is 13.2 Å². The highest BCUT2D eigenvalue weighted by Gasteiger charge is 2.20. The second kappa shape index (κ2) is 68.6. The molecule has 0 saturated carbocycles. The van der Waals surface area contributed by atoms with Crippen molar-refractivity contribution < 1.29 is 28.6 Å². The largest absolute Gasteiger partial charge is 0.462 e. The van der Waals surface area contributed by atoms with Gasteiger partial charge in [0, 0.05) is 19.3 Å². The van der Waals surface area contributed by atoms with Crippen molar-refractivity contribution in [2.45, 2.75) is 425 Å². The molecule has 0 bridgehead atoms. The maximum atomic E-state index is 12.9. The summed E-state index contributed by atoms with van der Waals surface area (Å²) in [5.74, 6) is -0.823. The molecule has 0 aromatic heterocycles. The highest BCUT2D eigenvalue weighted by Crippen LogP contribution is 2.19. The average molecular weight is 1110 g/mol. The zero-order chi connectivity index (χ0) is 57.1. The smallest absolute Gasteiger partial charge is 0.306 e. The Morgan fingerprint density at radius 1 is 0.241 bits per heavy atom. The third-order valence-electron chi connectivity index (χ3n) is 16.8. The molecule has 1 unspecified atom stereocenters. The third-order valence-corrected chi connectivity index (χ3v) is 16.8. The van der Waals surface area contributed by atoms with Gasteiger partial charge < -0.3 is 14.2 Å². The van der Waals surface area contributed by atoms with Gasteiger partial charge in [0.05, 0.1) is 0 Å². The predicted molar refractivity (Wildman–Crippen MR) is 344 cm³/mol. The summed E-state index contributed by atoms with van der Waals surface area (Å²) in [4.78, 5) is 38.4. The second-order valence-electron chi connectivity index (χ2n) is 24.9. The lowest BCUT2D eigenvalue weighted by Crippen LogP contribution is -2.30. The van der Waals surface area contributed by atoms with Crippen molar-refractivity contribution in [2.24, 2.45) is 0 Å². The molecular formula is C73H140O6. The average Bonchev–Trinajstić information content (AvgIpc) is 3.45.